The number of hydrogen-bond acceptors (Lipinski definition) is 4. The standard InChI is InChI=1S/C9H19N3O3/c10-12-11-4-1-6-14-8-3-9-15-7-2-5-13/h13H,1-9H2. The van der Waals surface area contributed by atoms with Gasteiger partial charge in [-0.25, -0.2) is 0 Å². The van der Waals surface area contributed by atoms with Crippen LogP contribution < -0.4 is 0 Å². The van der Waals surface area contributed by atoms with Crippen molar-refractivity contribution in [1.82, 2.24) is 0 Å². The Bertz CT molecular complexity index is 172. The lowest BCUT2D eigenvalue weighted by Gasteiger charge is -2.04. The van der Waals surface area contributed by atoms with Crippen LogP contribution in [0.25, 0.3) is 10.4 Å². The first kappa shape index (κ1) is 14.2. The highest BCUT2D eigenvalue weighted by Gasteiger charge is 1.90. The van der Waals surface area contributed by atoms with Crippen LogP contribution >= 0.6 is 0 Å². The summed E-state index contributed by atoms with van der Waals surface area (Å²) in [6.45, 7) is 3.22. The fraction of sp³-hybridized carbons (Fsp3) is 1.00. The third-order valence-corrected chi connectivity index (χ3v) is 1.63. The zero-order valence-electron chi connectivity index (χ0n) is 8.97. The van der Waals surface area contributed by atoms with E-state index in [1.54, 1.807) is 0 Å². The third kappa shape index (κ3) is 13.2. The Kier molecular flexibility index (Phi) is 12.5. The van der Waals surface area contributed by atoms with Gasteiger partial charge in [-0.2, -0.15) is 0 Å². The van der Waals surface area contributed by atoms with Gasteiger partial charge in [0.25, 0.3) is 0 Å². The van der Waals surface area contributed by atoms with Crippen LogP contribution in [-0.4, -0.2) is 44.7 Å². The Labute approximate surface area is 89.8 Å². The van der Waals surface area contributed by atoms with Gasteiger partial charge in [0.05, 0.1) is 0 Å². The molecular formula is C9H19N3O3. The zero-order valence-corrected chi connectivity index (χ0v) is 8.97. The maximum absolute atomic E-state index is 8.47. The summed E-state index contributed by atoms with van der Waals surface area (Å²) >= 11 is 0. The number of aliphatic hydroxyl groups is 1. The zero-order chi connectivity index (χ0) is 11.2. The van der Waals surface area contributed by atoms with Gasteiger partial charge in [-0.05, 0) is 24.8 Å². The molecule has 0 heterocycles. The summed E-state index contributed by atoms with van der Waals surface area (Å²) in [5.74, 6) is 0. The van der Waals surface area contributed by atoms with Crippen molar-refractivity contribution in [3.63, 3.8) is 0 Å². The normalized spacial score (nSPS) is 9.93. The minimum Gasteiger partial charge on any atom is -0.396 e. The number of aliphatic hydroxyl groups excluding tert-OH is 1. The predicted molar refractivity (Wildman–Crippen MR) is 56.6 cm³/mol. The summed E-state index contributed by atoms with van der Waals surface area (Å²) in [4.78, 5) is 2.64. The molecule has 6 heteroatoms. The molecule has 6 nitrogen and oxygen atoms in total. The average Bonchev–Trinajstić information content (AvgIpc) is 2.26. The summed E-state index contributed by atoms with van der Waals surface area (Å²) in [5, 5.41) is 11.9. The molecule has 88 valence electrons. The molecule has 0 aromatic rings. The summed E-state index contributed by atoms with van der Waals surface area (Å²) < 4.78 is 10.5. The van der Waals surface area contributed by atoms with Crippen molar-refractivity contribution in [3.8, 4) is 0 Å². The summed E-state index contributed by atoms with van der Waals surface area (Å²) in [5.41, 5.74) is 7.99. The molecule has 0 rings (SSSR count). The second-order valence-corrected chi connectivity index (χ2v) is 2.96. The average molecular weight is 217 g/mol. The van der Waals surface area contributed by atoms with Crippen LogP contribution in [0, 0.1) is 0 Å². The second kappa shape index (κ2) is 13.2. The Morgan fingerprint density at radius 1 is 1.00 bits per heavy atom. The van der Waals surface area contributed by atoms with E-state index in [-0.39, 0.29) is 6.61 Å². The number of hydrogen-bond donors (Lipinski definition) is 1. The van der Waals surface area contributed by atoms with Crippen molar-refractivity contribution in [1.29, 1.82) is 0 Å². The molecular weight excluding hydrogens is 198 g/mol. The smallest absolute Gasteiger partial charge is 0.0488 e. The monoisotopic (exact) mass is 217 g/mol. The minimum atomic E-state index is 0.176. The van der Waals surface area contributed by atoms with Crippen molar-refractivity contribution in [2.24, 2.45) is 5.11 Å². The quantitative estimate of drug-likeness (QED) is 0.246. The van der Waals surface area contributed by atoms with Crippen molar-refractivity contribution in [3.05, 3.63) is 10.4 Å². The van der Waals surface area contributed by atoms with E-state index in [1.165, 1.54) is 0 Å². The van der Waals surface area contributed by atoms with Crippen LogP contribution in [-0.2, 0) is 9.47 Å². The number of azide groups is 1. The molecule has 0 amide bonds. The van der Waals surface area contributed by atoms with E-state index in [0.29, 0.717) is 39.4 Å². The SMILES string of the molecule is [N-]=[N+]=NCCCOCCCOCCCO. The molecule has 15 heavy (non-hydrogen) atoms. The van der Waals surface area contributed by atoms with Crippen molar-refractivity contribution in [2.75, 3.05) is 39.6 Å². The van der Waals surface area contributed by atoms with E-state index in [2.05, 4.69) is 10.0 Å². The van der Waals surface area contributed by atoms with E-state index in [9.17, 15) is 0 Å². The maximum Gasteiger partial charge on any atom is 0.0488 e. The Balaban J connectivity index is 2.89. The van der Waals surface area contributed by atoms with Crippen LogP contribution in [0.2, 0.25) is 0 Å². The molecule has 0 radical (unpaired) electrons. The van der Waals surface area contributed by atoms with Gasteiger partial charge in [-0.15, -0.1) is 0 Å². The molecule has 0 aliphatic rings. The fourth-order valence-electron chi connectivity index (χ4n) is 0.916. The van der Waals surface area contributed by atoms with Gasteiger partial charge >= 0.3 is 0 Å². The molecule has 0 atom stereocenters. The molecule has 1 N–H and O–H groups in total. The summed E-state index contributed by atoms with van der Waals surface area (Å²) in [6, 6.07) is 0. The number of nitrogens with zero attached hydrogens (tertiary/aromatic N) is 3. The first-order valence-electron chi connectivity index (χ1n) is 5.19. The van der Waals surface area contributed by atoms with Crippen molar-refractivity contribution >= 4 is 0 Å². The van der Waals surface area contributed by atoms with E-state index in [0.717, 1.165) is 12.8 Å². The van der Waals surface area contributed by atoms with Crippen molar-refractivity contribution in [2.45, 2.75) is 19.3 Å². The van der Waals surface area contributed by atoms with Gasteiger partial charge in [0, 0.05) is 44.5 Å². The molecule has 0 unspecified atom stereocenters. The first-order chi connectivity index (χ1) is 7.41. The van der Waals surface area contributed by atoms with Gasteiger partial charge in [-0.1, -0.05) is 5.11 Å². The van der Waals surface area contributed by atoms with E-state index in [1.807, 2.05) is 0 Å². The lowest BCUT2D eigenvalue weighted by molar-refractivity contribution is 0.0759. The number of rotatable bonds is 11. The molecule has 0 saturated carbocycles. The van der Waals surface area contributed by atoms with Gasteiger partial charge in [-0.3, -0.25) is 0 Å². The van der Waals surface area contributed by atoms with Gasteiger partial charge in [0.1, 0.15) is 0 Å². The minimum absolute atomic E-state index is 0.176. The van der Waals surface area contributed by atoms with Crippen LogP contribution in [0.3, 0.4) is 0 Å². The summed E-state index contributed by atoms with van der Waals surface area (Å²) in [7, 11) is 0. The highest BCUT2D eigenvalue weighted by molar-refractivity contribution is 4.46. The second-order valence-electron chi connectivity index (χ2n) is 2.96. The fourth-order valence-corrected chi connectivity index (χ4v) is 0.916. The van der Waals surface area contributed by atoms with Crippen molar-refractivity contribution < 1.29 is 14.6 Å². The van der Waals surface area contributed by atoms with Crippen LogP contribution in [0.1, 0.15) is 19.3 Å². The first-order valence-corrected chi connectivity index (χ1v) is 5.19. The third-order valence-electron chi connectivity index (χ3n) is 1.63. The molecule has 0 saturated heterocycles. The Morgan fingerprint density at radius 2 is 1.60 bits per heavy atom. The molecule has 0 aromatic heterocycles. The molecule has 0 aliphatic heterocycles. The van der Waals surface area contributed by atoms with Crippen LogP contribution in [0.15, 0.2) is 5.11 Å². The van der Waals surface area contributed by atoms with E-state index >= 15 is 0 Å². The molecule has 0 spiro atoms. The van der Waals surface area contributed by atoms with Gasteiger partial charge < -0.3 is 14.6 Å². The molecule has 0 aromatic carbocycles. The Hall–Kier alpha value is -0.810. The highest BCUT2D eigenvalue weighted by atomic mass is 16.5. The molecule has 0 bridgehead atoms. The lowest BCUT2D eigenvalue weighted by atomic mass is 10.4. The Morgan fingerprint density at radius 3 is 2.20 bits per heavy atom. The van der Waals surface area contributed by atoms with E-state index in [4.69, 9.17) is 20.1 Å². The highest BCUT2D eigenvalue weighted by Crippen LogP contribution is 1.89. The number of ether oxygens (including phenoxy) is 2. The van der Waals surface area contributed by atoms with Gasteiger partial charge in [0.2, 0.25) is 0 Å². The lowest BCUT2D eigenvalue weighted by Crippen LogP contribution is -2.04. The van der Waals surface area contributed by atoms with Crippen LogP contribution in [0.4, 0.5) is 0 Å². The molecule has 0 fully saturated rings. The van der Waals surface area contributed by atoms with Crippen LogP contribution in [0.5, 0.6) is 0 Å². The topological polar surface area (TPSA) is 87.5 Å². The van der Waals surface area contributed by atoms with E-state index < -0.39 is 0 Å². The molecule has 0 aliphatic carbocycles. The largest absolute Gasteiger partial charge is 0.396 e. The van der Waals surface area contributed by atoms with Gasteiger partial charge in [0.15, 0.2) is 0 Å². The maximum atomic E-state index is 8.47. The predicted octanol–water partition coefficient (Wildman–Crippen LogP) is 1.49. The summed E-state index contributed by atoms with van der Waals surface area (Å²) in [6.07, 6.45) is 2.30.